The Balaban J connectivity index is 2.66. The van der Waals surface area contributed by atoms with E-state index < -0.39 is 2.69 Å². The average Bonchev–Trinajstić information content (AvgIpc) is 2.17. The highest BCUT2D eigenvalue weighted by Gasteiger charge is 2.21. The first-order chi connectivity index (χ1) is 7.04. The highest BCUT2D eigenvalue weighted by Crippen LogP contribution is 2.43. The maximum absolute atomic E-state index is 6.07. The number of alkyl halides is 3. The summed E-state index contributed by atoms with van der Waals surface area (Å²) in [6.07, 6.45) is 2.20. The number of benzene rings is 1. The van der Waals surface area contributed by atoms with E-state index in [2.05, 4.69) is 38.8 Å². The molecule has 0 aliphatic carbocycles. The van der Waals surface area contributed by atoms with Crippen molar-refractivity contribution in [2.45, 2.75) is 22.5 Å². The van der Waals surface area contributed by atoms with E-state index in [-0.39, 0.29) is 0 Å². The van der Waals surface area contributed by atoms with E-state index in [1.807, 2.05) is 24.3 Å². The lowest BCUT2D eigenvalue weighted by atomic mass is 10.2. The first kappa shape index (κ1) is 13.3. The first-order valence-corrected chi connectivity index (χ1v) is 6.80. The van der Waals surface area contributed by atoms with E-state index in [4.69, 9.17) is 16.3 Å². The van der Waals surface area contributed by atoms with Gasteiger partial charge in [-0.3, -0.25) is 0 Å². The van der Waals surface area contributed by atoms with Gasteiger partial charge >= 0.3 is 0 Å². The summed E-state index contributed by atoms with van der Waals surface area (Å²) in [5, 5.41) is 0. The number of halogens is 3. The molecule has 15 heavy (non-hydrogen) atoms. The molecule has 1 aromatic rings. The SMILES string of the molecule is CCCCOc1cccc(C(Cl)(Br)Br)c1. The largest absolute Gasteiger partial charge is 0.494 e. The molecule has 0 atom stereocenters. The maximum atomic E-state index is 6.07. The van der Waals surface area contributed by atoms with Gasteiger partial charge in [0.05, 0.1) is 6.61 Å². The van der Waals surface area contributed by atoms with E-state index in [0.717, 1.165) is 30.8 Å². The van der Waals surface area contributed by atoms with Crippen molar-refractivity contribution in [3.63, 3.8) is 0 Å². The fourth-order valence-corrected chi connectivity index (χ4v) is 1.71. The van der Waals surface area contributed by atoms with Crippen molar-refractivity contribution in [1.82, 2.24) is 0 Å². The molecule has 0 amide bonds. The Hall–Kier alpha value is 0.270. The van der Waals surface area contributed by atoms with Gasteiger partial charge < -0.3 is 4.74 Å². The lowest BCUT2D eigenvalue weighted by Gasteiger charge is -2.13. The Morgan fingerprint density at radius 1 is 1.40 bits per heavy atom. The quantitative estimate of drug-likeness (QED) is 0.533. The summed E-state index contributed by atoms with van der Waals surface area (Å²) in [6.45, 7) is 2.89. The van der Waals surface area contributed by atoms with Gasteiger partial charge in [0.15, 0.2) is 2.69 Å². The minimum atomic E-state index is -0.704. The van der Waals surface area contributed by atoms with Gasteiger partial charge in [0.25, 0.3) is 0 Å². The minimum Gasteiger partial charge on any atom is -0.494 e. The van der Waals surface area contributed by atoms with Crippen molar-refractivity contribution in [2.75, 3.05) is 6.61 Å². The van der Waals surface area contributed by atoms with Crippen molar-refractivity contribution in [2.24, 2.45) is 0 Å². The van der Waals surface area contributed by atoms with Crippen LogP contribution in [0, 0.1) is 0 Å². The average molecular weight is 356 g/mol. The summed E-state index contributed by atoms with van der Waals surface area (Å²) in [5.41, 5.74) is 0.929. The molecular formula is C11H13Br2ClO. The van der Waals surface area contributed by atoms with Crippen molar-refractivity contribution >= 4 is 43.5 Å². The van der Waals surface area contributed by atoms with Gasteiger partial charge in [0.2, 0.25) is 0 Å². The predicted octanol–water partition coefficient (Wildman–Crippen LogP) is 5.00. The van der Waals surface area contributed by atoms with Gasteiger partial charge in [-0.25, -0.2) is 0 Å². The monoisotopic (exact) mass is 354 g/mol. The number of ether oxygens (including phenoxy) is 1. The third kappa shape index (κ3) is 4.75. The van der Waals surface area contributed by atoms with Crippen molar-refractivity contribution in [3.8, 4) is 5.75 Å². The molecule has 84 valence electrons. The van der Waals surface area contributed by atoms with Crippen molar-refractivity contribution < 1.29 is 4.74 Å². The lowest BCUT2D eigenvalue weighted by molar-refractivity contribution is 0.309. The van der Waals surface area contributed by atoms with E-state index >= 15 is 0 Å². The summed E-state index contributed by atoms with van der Waals surface area (Å²) < 4.78 is 4.88. The van der Waals surface area contributed by atoms with Crippen LogP contribution in [0.1, 0.15) is 25.3 Å². The summed E-state index contributed by atoms with van der Waals surface area (Å²) in [5.74, 6) is 0.852. The molecule has 0 unspecified atom stereocenters. The smallest absolute Gasteiger partial charge is 0.178 e. The van der Waals surface area contributed by atoms with Crippen LogP contribution in [0.3, 0.4) is 0 Å². The van der Waals surface area contributed by atoms with Crippen LogP contribution in [0.15, 0.2) is 24.3 Å². The van der Waals surface area contributed by atoms with Crippen molar-refractivity contribution in [1.29, 1.82) is 0 Å². The Kier molecular flexibility index (Phi) is 5.44. The summed E-state index contributed by atoms with van der Waals surface area (Å²) >= 11 is 12.7. The molecule has 0 bridgehead atoms. The minimum absolute atomic E-state index is 0.704. The van der Waals surface area contributed by atoms with Gasteiger partial charge in [-0.05, 0) is 56.0 Å². The van der Waals surface area contributed by atoms with Crippen LogP contribution in [-0.4, -0.2) is 6.61 Å². The molecule has 0 saturated carbocycles. The second kappa shape index (κ2) is 6.12. The van der Waals surface area contributed by atoms with Crippen LogP contribution in [0.25, 0.3) is 0 Å². The van der Waals surface area contributed by atoms with Gasteiger partial charge in [-0.2, -0.15) is 0 Å². The van der Waals surface area contributed by atoms with E-state index in [9.17, 15) is 0 Å². The first-order valence-electron chi connectivity index (χ1n) is 4.84. The van der Waals surface area contributed by atoms with Crippen LogP contribution < -0.4 is 4.74 Å². The Labute approximate surface area is 112 Å². The molecule has 0 saturated heterocycles. The summed E-state index contributed by atoms with van der Waals surface area (Å²) in [4.78, 5) is 0. The molecule has 0 aliphatic heterocycles. The molecular weight excluding hydrogens is 343 g/mol. The highest BCUT2D eigenvalue weighted by atomic mass is 79.9. The van der Waals surface area contributed by atoms with Crippen LogP contribution in [0.4, 0.5) is 0 Å². The zero-order chi connectivity index (χ0) is 11.3. The standard InChI is InChI=1S/C11H13Br2ClO/c1-2-3-7-15-10-6-4-5-9(8-10)11(12,13)14/h4-6,8H,2-3,7H2,1H3. The fraction of sp³-hybridized carbons (Fsp3) is 0.455. The van der Waals surface area contributed by atoms with E-state index in [0.29, 0.717) is 0 Å². The highest BCUT2D eigenvalue weighted by molar-refractivity contribution is 9.25. The zero-order valence-corrected chi connectivity index (χ0v) is 12.4. The van der Waals surface area contributed by atoms with Gasteiger partial charge in [0, 0.05) is 0 Å². The topological polar surface area (TPSA) is 9.23 Å². The number of hydrogen-bond acceptors (Lipinski definition) is 1. The third-order valence-electron chi connectivity index (χ3n) is 1.93. The predicted molar refractivity (Wildman–Crippen MR) is 72.2 cm³/mol. The van der Waals surface area contributed by atoms with Crippen LogP contribution in [-0.2, 0) is 2.69 Å². The summed E-state index contributed by atoms with van der Waals surface area (Å²) in [7, 11) is 0. The molecule has 0 fully saturated rings. The molecule has 0 aromatic heterocycles. The second-order valence-electron chi connectivity index (χ2n) is 3.23. The molecule has 0 N–H and O–H groups in total. The van der Waals surface area contributed by atoms with Gasteiger partial charge in [-0.1, -0.05) is 37.1 Å². The number of hydrogen-bond donors (Lipinski definition) is 0. The Morgan fingerprint density at radius 2 is 2.13 bits per heavy atom. The van der Waals surface area contributed by atoms with E-state index in [1.165, 1.54) is 0 Å². The normalized spacial score (nSPS) is 11.5. The molecule has 1 aromatic carbocycles. The summed E-state index contributed by atoms with van der Waals surface area (Å²) in [6, 6.07) is 7.72. The lowest BCUT2D eigenvalue weighted by Crippen LogP contribution is -2.01. The Morgan fingerprint density at radius 3 is 2.73 bits per heavy atom. The molecule has 0 aliphatic rings. The second-order valence-corrected chi connectivity index (χ2v) is 8.15. The molecule has 0 radical (unpaired) electrons. The van der Waals surface area contributed by atoms with Crippen LogP contribution in [0.5, 0.6) is 5.75 Å². The van der Waals surface area contributed by atoms with Crippen LogP contribution >= 0.6 is 43.5 Å². The zero-order valence-electron chi connectivity index (χ0n) is 8.47. The van der Waals surface area contributed by atoms with E-state index in [1.54, 1.807) is 0 Å². The van der Waals surface area contributed by atoms with Crippen molar-refractivity contribution in [3.05, 3.63) is 29.8 Å². The molecule has 1 nitrogen and oxygen atoms in total. The van der Waals surface area contributed by atoms with Gasteiger partial charge in [0.1, 0.15) is 5.75 Å². The maximum Gasteiger partial charge on any atom is 0.178 e. The number of unbranched alkanes of at least 4 members (excludes halogenated alkanes) is 1. The molecule has 1 rings (SSSR count). The Bertz CT molecular complexity index is 310. The molecule has 4 heteroatoms. The molecule has 0 spiro atoms. The fourth-order valence-electron chi connectivity index (χ4n) is 1.10. The number of rotatable bonds is 5. The van der Waals surface area contributed by atoms with Crippen LogP contribution in [0.2, 0.25) is 0 Å². The third-order valence-corrected chi connectivity index (χ3v) is 3.06. The molecule has 0 heterocycles. The van der Waals surface area contributed by atoms with Gasteiger partial charge in [-0.15, -0.1) is 0 Å².